The first-order valence-electron chi connectivity index (χ1n) is 18.0. The monoisotopic (exact) mass is 531 g/mol. The first-order chi connectivity index (χ1) is 22.8. The Morgan fingerprint density at radius 1 is 1.32 bits per heavy atom. The number of aromatic nitrogens is 1. The van der Waals surface area contributed by atoms with Crippen molar-refractivity contribution in [2.24, 2.45) is 0 Å². The lowest BCUT2D eigenvalue weighted by Crippen LogP contribution is -2.26. The molecule has 2 aromatic carbocycles. The van der Waals surface area contributed by atoms with Crippen molar-refractivity contribution < 1.29 is 56.8 Å². The summed E-state index contributed by atoms with van der Waals surface area (Å²) in [5.41, 5.74) is -7.93. The fraction of sp³-hybridized carbons (Fsp3) is 0.464. The number of rotatable bonds is 9. The van der Waals surface area contributed by atoms with Gasteiger partial charge >= 0.3 is 6.29 Å². The van der Waals surface area contributed by atoms with E-state index in [0.717, 1.165) is 30.5 Å². The van der Waals surface area contributed by atoms with Gasteiger partial charge in [0.15, 0.2) is 11.5 Å². The fourth-order valence-electron chi connectivity index (χ4n) is 4.16. The number of aliphatic hydroxyl groups is 2. The van der Waals surface area contributed by atoms with Crippen LogP contribution in [0.3, 0.4) is 0 Å². The highest BCUT2D eigenvalue weighted by molar-refractivity contribution is 5.95. The van der Waals surface area contributed by atoms with Gasteiger partial charge in [-0.15, -0.1) is 8.78 Å². The third kappa shape index (κ3) is 4.48. The molecule has 1 unspecified atom stereocenters. The first kappa shape index (κ1) is 13.7. The number of hydrogen-bond donors (Lipinski definition) is 2. The Labute approximate surface area is 232 Å². The molecule has 198 valence electrons. The molecule has 2 aliphatic rings. The lowest BCUT2D eigenvalue weighted by molar-refractivity contribution is -0.286. The minimum Gasteiger partial charge on any atom is -0.395 e. The number of aliphatic hydroxyl groups excluding tert-OH is 1. The number of benzene rings is 2. The molecule has 9 heteroatoms. The Balaban J connectivity index is 1.70. The van der Waals surface area contributed by atoms with Crippen molar-refractivity contribution in [2.45, 2.75) is 76.0 Å². The molecule has 1 aromatic heterocycles. The molecule has 37 heavy (non-hydrogen) atoms. The van der Waals surface area contributed by atoms with Crippen LogP contribution in [0.1, 0.15) is 75.8 Å². The van der Waals surface area contributed by atoms with Crippen LogP contribution in [0.25, 0.3) is 10.9 Å². The number of hydrogen-bond acceptors (Lipinski definition) is 5. The van der Waals surface area contributed by atoms with Crippen LogP contribution >= 0.6 is 0 Å². The van der Waals surface area contributed by atoms with Gasteiger partial charge in [-0.3, -0.25) is 4.79 Å². The Bertz CT molecular complexity index is 1940. The SMILES string of the molecule is [2H]c1c([2H])c(C2(C(=O)Cc3cc4cc(C(C)(C([2H])([2H])[2H])C([2H])([2H])C)n(C[C@@H](O)C([2H])([2H])O)c4cc3F)C([2H])([2H])C2([2H])[2H])c([2H])c2c1OC(F)(F)O2. The molecule has 2 atom stereocenters. The van der Waals surface area contributed by atoms with Gasteiger partial charge in [-0.05, 0) is 60.5 Å². The average molecular weight is 532 g/mol. The van der Waals surface area contributed by atoms with E-state index in [1.54, 1.807) is 0 Å². The fourth-order valence-corrected chi connectivity index (χ4v) is 4.16. The van der Waals surface area contributed by atoms with Gasteiger partial charge in [-0.2, -0.15) is 0 Å². The Kier molecular flexibility index (Phi) is 3.24. The number of nitrogens with zero attached hydrogens (tertiary/aromatic N) is 1. The van der Waals surface area contributed by atoms with E-state index in [9.17, 15) is 23.8 Å². The molecular formula is C28H30F3NO5. The van der Waals surface area contributed by atoms with E-state index >= 15 is 4.39 Å². The van der Waals surface area contributed by atoms with E-state index in [2.05, 4.69) is 9.47 Å². The van der Waals surface area contributed by atoms with E-state index in [0.29, 0.717) is 6.07 Å². The maximum absolute atomic E-state index is 15.9. The number of carbonyl (C=O) groups excluding carboxylic acids is 1. The second kappa shape index (κ2) is 8.77. The second-order valence-corrected chi connectivity index (χ2v) is 8.84. The largest absolute Gasteiger partial charge is 0.586 e. The molecule has 2 heterocycles. The molecule has 1 fully saturated rings. The molecule has 0 amide bonds. The van der Waals surface area contributed by atoms with Crippen molar-refractivity contribution in [3.8, 4) is 11.5 Å². The minimum atomic E-state index is -4.41. The highest BCUT2D eigenvalue weighted by atomic mass is 19.3. The predicted molar refractivity (Wildman–Crippen MR) is 131 cm³/mol. The van der Waals surface area contributed by atoms with Crippen LogP contribution in [-0.2, 0) is 28.6 Å². The number of carbonyl (C=O) groups is 1. The number of halogens is 3. The Morgan fingerprint density at radius 2 is 2.05 bits per heavy atom. The van der Waals surface area contributed by atoms with Gasteiger partial charge in [0.1, 0.15) is 11.6 Å². The van der Waals surface area contributed by atoms with Crippen LogP contribution in [0, 0.1) is 5.82 Å². The average Bonchev–Trinajstić information content (AvgIpc) is 3.27. The van der Waals surface area contributed by atoms with Gasteiger partial charge in [-0.25, -0.2) is 4.39 Å². The Hall–Kier alpha value is -3.04. The highest BCUT2D eigenvalue weighted by Crippen LogP contribution is 2.52. The van der Waals surface area contributed by atoms with Crippen LogP contribution in [0.5, 0.6) is 11.5 Å². The van der Waals surface area contributed by atoms with Crippen molar-refractivity contribution in [3.05, 3.63) is 59.0 Å². The molecular weight excluding hydrogens is 487 g/mol. The zero-order chi connectivity index (χ0) is 39.0. The standard InChI is InChI=1S/C28H30F3NO5/c1-4-26(2,3)24-10-17-9-16(20(29)13-21(17)32(24)14-19(34)15-33)11-25(35)27(7-8-27)18-5-6-22-23(12-18)37-28(30,31)36-22/h5-6,9-10,12-13,19,33-34H,4,7-8,11,14-15H2,1-3H3/t19-/m1/s1/i2D3,4D2,5D,6D,7D2,8D2,12D,15D2/t19-,26?. The normalized spacial score (nSPS) is 28.9. The van der Waals surface area contributed by atoms with Crippen molar-refractivity contribution >= 4 is 16.7 Å². The van der Waals surface area contributed by atoms with E-state index in [1.165, 1.54) is 0 Å². The molecule has 6 nitrogen and oxygen atoms in total. The quantitative estimate of drug-likeness (QED) is 0.407. The summed E-state index contributed by atoms with van der Waals surface area (Å²) in [6.45, 7) is -5.33. The number of fused-ring (bicyclic) bond motifs is 2. The van der Waals surface area contributed by atoms with Crippen LogP contribution in [0.4, 0.5) is 13.2 Å². The van der Waals surface area contributed by atoms with Gasteiger partial charge in [-0.1, -0.05) is 26.7 Å². The van der Waals surface area contributed by atoms with Crippen molar-refractivity contribution in [2.75, 3.05) is 6.56 Å². The molecule has 0 bridgehead atoms. The maximum Gasteiger partial charge on any atom is 0.586 e. The number of alkyl halides is 2. The lowest BCUT2D eigenvalue weighted by Gasteiger charge is -2.26. The van der Waals surface area contributed by atoms with Crippen molar-refractivity contribution in [1.29, 1.82) is 0 Å². The summed E-state index contributed by atoms with van der Waals surface area (Å²) in [6, 6.07) is -0.853. The van der Waals surface area contributed by atoms with Gasteiger partial charge in [0.2, 0.25) is 0 Å². The van der Waals surface area contributed by atoms with Crippen molar-refractivity contribution in [1.82, 2.24) is 4.57 Å². The topological polar surface area (TPSA) is 80.9 Å². The van der Waals surface area contributed by atoms with Gasteiger partial charge in [0.05, 0.1) is 37.0 Å². The summed E-state index contributed by atoms with van der Waals surface area (Å²) in [7, 11) is 0. The minimum absolute atomic E-state index is 0.114. The van der Waals surface area contributed by atoms with Crippen LogP contribution in [0.15, 0.2) is 36.3 Å². The third-order valence-electron chi connectivity index (χ3n) is 6.29. The summed E-state index contributed by atoms with van der Waals surface area (Å²) in [5.74, 6) is -4.96. The van der Waals surface area contributed by atoms with Crippen LogP contribution in [0.2, 0.25) is 0 Å². The molecule has 3 aromatic rings. The van der Waals surface area contributed by atoms with Crippen LogP contribution < -0.4 is 9.47 Å². The molecule has 2 N–H and O–H groups in total. The van der Waals surface area contributed by atoms with Crippen molar-refractivity contribution in [3.63, 3.8) is 0 Å². The van der Waals surface area contributed by atoms with E-state index in [1.807, 2.05) is 0 Å². The van der Waals surface area contributed by atoms with Gasteiger partial charge in [0.25, 0.3) is 0 Å². The zero-order valence-corrected chi connectivity index (χ0v) is 19.4. The van der Waals surface area contributed by atoms with Gasteiger partial charge in [0, 0.05) is 35.3 Å². The molecule has 0 saturated heterocycles. The number of ether oxygens (including phenoxy) is 2. The number of ketones is 1. The van der Waals surface area contributed by atoms with Crippen LogP contribution in [-0.4, -0.2) is 39.5 Å². The third-order valence-corrected chi connectivity index (χ3v) is 6.29. The van der Waals surface area contributed by atoms with Gasteiger partial charge < -0.3 is 24.3 Å². The number of Topliss-reactive ketones (excluding diaryl/α,β-unsaturated/α-hetero) is 1. The zero-order valence-electron chi connectivity index (χ0n) is 33.4. The lowest BCUT2D eigenvalue weighted by atomic mass is 9.86. The summed E-state index contributed by atoms with van der Waals surface area (Å²) >= 11 is 0. The van der Waals surface area contributed by atoms with E-state index < -0.39 is 127 Å². The summed E-state index contributed by atoms with van der Waals surface area (Å²) in [5, 5.41) is 20.1. The highest BCUT2D eigenvalue weighted by Gasteiger charge is 2.52. The maximum atomic E-state index is 15.9. The summed E-state index contributed by atoms with van der Waals surface area (Å²) in [4.78, 5) is 14.1. The predicted octanol–water partition coefficient (Wildman–Crippen LogP) is 4.99. The molecule has 1 aliphatic heterocycles. The van der Waals surface area contributed by atoms with E-state index in [-0.39, 0.29) is 10.9 Å². The summed E-state index contributed by atoms with van der Waals surface area (Å²) < 4.78 is 168. The Morgan fingerprint density at radius 3 is 2.70 bits per heavy atom. The smallest absolute Gasteiger partial charge is 0.395 e. The molecule has 1 aliphatic carbocycles. The molecule has 0 spiro atoms. The molecule has 0 radical (unpaired) electrons. The molecule has 5 rings (SSSR count). The first-order valence-corrected chi connectivity index (χ1v) is 11.0. The van der Waals surface area contributed by atoms with E-state index in [4.69, 9.17) is 19.2 Å². The second-order valence-electron chi connectivity index (χ2n) is 8.84. The molecule has 1 saturated carbocycles. The summed E-state index contributed by atoms with van der Waals surface area (Å²) in [6.07, 6.45) is -16.9.